The van der Waals surface area contributed by atoms with Gasteiger partial charge in [0.1, 0.15) is 11.3 Å². The molecule has 8 heteroatoms. The molecule has 3 rings (SSSR count). The SMILES string of the molecule is CCOC(=O)c1oc2ccccc2c1NC(=O)c1ccccc1C(F)(F)F. The molecule has 3 aromatic rings. The average molecular weight is 377 g/mol. The van der Waals surface area contributed by atoms with Crippen molar-refractivity contribution in [2.75, 3.05) is 11.9 Å². The van der Waals surface area contributed by atoms with E-state index in [4.69, 9.17) is 9.15 Å². The fraction of sp³-hybridized carbons (Fsp3) is 0.158. The number of furan rings is 1. The molecule has 140 valence electrons. The number of anilines is 1. The van der Waals surface area contributed by atoms with E-state index in [9.17, 15) is 22.8 Å². The van der Waals surface area contributed by atoms with Gasteiger partial charge in [0.2, 0.25) is 5.76 Å². The lowest BCUT2D eigenvalue weighted by Crippen LogP contribution is -2.19. The summed E-state index contributed by atoms with van der Waals surface area (Å²) in [6.07, 6.45) is -4.70. The molecule has 2 aromatic carbocycles. The summed E-state index contributed by atoms with van der Waals surface area (Å²) in [5.41, 5.74) is -1.39. The number of hydrogen-bond donors (Lipinski definition) is 1. The van der Waals surface area contributed by atoms with Crippen molar-refractivity contribution in [3.63, 3.8) is 0 Å². The molecular weight excluding hydrogens is 363 g/mol. The van der Waals surface area contributed by atoms with Gasteiger partial charge in [-0.3, -0.25) is 4.79 Å². The van der Waals surface area contributed by atoms with Crippen LogP contribution < -0.4 is 5.32 Å². The third-order valence-electron chi connectivity index (χ3n) is 3.77. The van der Waals surface area contributed by atoms with Crippen LogP contribution in [0.1, 0.15) is 33.4 Å². The first-order valence-electron chi connectivity index (χ1n) is 7.99. The predicted molar refractivity (Wildman–Crippen MR) is 91.6 cm³/mol. The number of benzene rings is 2. The molecule has 0 radical (unpaired) electrons. The summed E-state index contributed by atoms with van der Waals surface area (Å²) in [6, 6.07) is 10.8. The molecule has 0 aliphatic heterocycles. The van der Waals surface area contributed by atoms with Crippen LogP contribution in [0.15, 0.2) is 52.9 Å². The predicted octanol–water partition coefficient (Wildman–Crippen LogP) is 4.88. The number of fused-ring (bicyclic) bond motifs is 1. The van der Waals surface area contributed by atoms with E-state index in [-0.39, 0.29) is 18.1 Å². The van der Waals surface area contributed by atoms with Crippen molar-refractivity contribution >= 4 is 28.5 Å². The minimum Gasteiger partial charge on any atom is -0.460 e. The molecule has 1 N–H and O–H groups in total. The Kier molecular flexibility index (Phi) is 4.89. The second kappa shape index (κ2) is 7.14. The summed E-state index contributed by atoms with van der Waals surface area (Å²) in [5.74, 6) is -2.12. The molecule has 0 unspecified atom stereocenters. The van der Waals surface area contributed by atoms with Crippen LogP contribution >= 0.6 is 0 Å². The highest BCUT2D eigenvalue weighted by molar-refractivity contribution is 6.14. The lowest BCUT2D eigenvalue weighted by atomic mass is 10.1. The van der Waals surface area contributed by atoms with Crippen LogP contribution in [0.4, 0.5) is 18.9 Å². The Morgan fingerprint density at radius 3 is 2.44 bits per heavy atom. The number of carbonyl (C=O) groups is 2. The van der Waals surface area contributed by atoms with Crippen molar-refractivity contribution in [2.45, 2.75) is 13.1 Å². The lowest BCUT2D eigenvalue weighted by Gasteiger charge is -2.12. The van der Waals surface area contributed by atoms with Gasteiger partial charge in [-0.15, -0.1) is 0 Å². The number of halogens is 3. The fourth-order valence-corrected chi connectivity index (χ4v) is 2.62. The molecule has 0 aliphatic rings. The maximum absolute atomic E-state index is 13.2. The zero-order valence-corrected chi connectivity index (χ0v) is 14.1. The van der Waals surface area contributed by atoms with Crippen molar-refractivity contribution in [1.82, 2.24) is 0 Å². The number of esters is 1. The fourth-order valence-electron chi connectivity index (χ4n) is 2.62. The third-order valence-corrected chi connectivity index (χ3v) is 3.77. The van der Waals surface area contributed by atoms with Crippen molar-refractivity contribution in [3.05, 3.63) is 65.4 Å². The van der Waals surface area contributed by atoms with Crippen molar-refractivity contribution in [2.24, 2.45) is 0 Å². The van der Waals surface area contributed by atoms with Gasteiger partial charge in [0.25, 0.3) is 5.91 Å². The first-order valence-corrected chi connectivity index (χ1v) is 7.99. The number of nitrogens with one attached hydrogen (secondary N) is 1. The molecule has 1 amide bonds. The molecule has 0 fully saturated rings. The zero-order chi connectivity index (χ0) is 19.6. The Morgan fingerprint density at radius 2 is 1.74 bits per heavy atom. The summed E-state index contributed by atoms with van der Waals surface area (Å²) in [6.45, 7) is 1.67. The van der Waals surface area contributed by atoms with Crippen LogP contribution in [0, 0.1) is 0 Å². The maximum Gasteiger partial charge on any atom is 0.417 e. The van der Waals surface area contributed by atoms with Gasteiger partial charge in [0.05, 0.1) is 17.7 Å². The smallest absolute Gasteiger partial charge is 0.417 e. The average Bonchev–Trinajstić information content (AvgIpc) is 3.00. The van der Waals surface area contributed by atoms with Gasteiger partial charge in [-0.1, -0.05) is 24.3 Å². The van der Waals surface area contributed by atoms with Crippen molar-refractivity contribution in [1.29, 1.82) is 0 Å². The first kappa shape index (κ1) is 18.5. The largest absolute Gasteiger partial charge is 0.460 e. The van der Waals surface area contributed by atoms with Crippen molar-refractivity contribution in [3.8, 4) is 0 Å². The number of carbonyl (C=O) groups excluding carboxylic acids is 2. The number of rotatable bonds is 4. The van der Waals surface area contributed by atoms with Crippen LogP contribution in [0.25, 0.3) is 11.0 Å². The minimum atomic E-state index is -4.70. The normalized spacial score (nSPS) is 11.4. The van der Waals surface area contributed by atoms with Gasteiger partial charge in [0.15, 0.2) is 0 Å². The zero-order valence-electron chi connectivity index (χ0n) is 14.1. The van der Waals surface area contributed by atoms with E-state index in [1.54, 1.807) is 31.2 Å². The van der Waals surface area contributed by atoms with E-state index in [1.165, 1.54) is 12.1 Å². The second-order valence-corrected chi connectivity index (χ2v) is 5.52. The number of para-hydroxylation sites is 1. The summed E-state index contributed by atoms with van der Waals surface area (Å²) >= 11 is 0. The van der Waals surface area contributed by atoms with Gasteiger partial charge in [-0.25, -0.2) is 4.79 Å². The van der Waals surface area contributed by atoms with Gasteiger partial charge in [-0.2, -0.15) is 13.2 Å². The third kappa shape index (κ3) is 3.64. The van der Waals surface area contributed by atoms with E-state index >= 15 is 0 Å². The Labute approximate surface area is 151 Å². The van der Waals surface area contributed by atoms with E-state index in [2.05, 4.69) is 5.32 Å². The highest BCUT2D eigenvalue weighted by Gasteiger charge is 2.35. The Balaban J connectivity index is 2.06. The van der Waals surface area contributed by atoms with Crippen LogP contribution in [0.3, 0.4) is 0 Å². The second-order valence-electron chi connectivity index (χ2n) is 5.52. The maximum atomic E-state index is 13.2. The van der Waals surface area contributed by atoms with Gasteiger partial charge in [-0.05, 0) is 31.2 Å². The molecule has 0 atom stereocenters. The van der Waals surface area contributed by atoms with Crippen LogP contribution in [0.2, 0.25) is 0 Å². The Morgan fingerprint density at radius 1 is 1.07 bits per heavy atom. The van der Waals surface area contributed by atoms with E-state index in [1.807, 2.05) is 0 Å². The molecule has 5 nitrogen and oxygen atoms in total. The monoisotopic (exact) mass is 377 g/mol. The number of alkyl halides is 3. The quantitative estimate of drug-likeness (QED) is 0.658. The minimum absolute atomic E-state index is 0.0361. The van der Waals surface area contributed by atoms with Crippen LogP contribution in [0.5, 0.6) is 0 Å². The summed E-state index contributed by atoms with van der Waals surface area (Å²) in [4.78, 5) is 24.7. The molecular formula is C19H14F3NO4. The molecule has 1 aromatic heterocycles. The number of hydrogen-bond acceptors (Lipinski definition) is 4. The van der Waals surface area contributed by atoms with Crippen LogP contribution in [-0.4, -0.2) is 18.5 Å². The summed E-state index contributed by atoms with van der Waals surface area (Å²) in [7, 11) is 0. The molecule has 0 saturated heterocycles. The summed E-state index contributed by atoms with van der Waals surface area (Å²) < 4.78 is 49.9. The molecule has 0 aliphatic carbocycles. The van der Waals surface area contributed by atoms with E-state index in [0.29, 0.717) is 11.0 Å². The van der Waals surface area contributed by atoms with Crippen LogP contribution in [-0.2, 0) is 10.9 Å². The molecule has 0 spiro atoms. The lowest BCUT2D eigenvalue weighted by molar-refractivity contribution is -0.137. The molecule has 0 saturated carbocycles. The topological polar surface area (TPSA) is 68.5 Å². The summed E-state index contributed by atoms with van der Waals surface area (Å²) in [5, 5.41) is 2.74. The van der Waals surface area contributed by atoms with Crippen molar-refractivity contribution < 1.29 is 31.9 Å². The molecule has 27 heavy (non-hydrogen) atoms. The molecule has 1 heterocycles. The van der Waals surface area contributed by atoms with E-state index in [0.717, 1.165) is 12.1 Å². The van der Waals surface area contributed by atoms with Gasteiger partial charge in [0, 0.05) is 5.39 Å². The highest BCUT2D eigenvalue weighted by atomic mass is 19.4. The van der Waals surface area contributed by atoms with E-state index < -0.39 is 29.2 Å². The molecule has 0 bridgehead atoms. The Hall–Kier alpha value is -3.29. The highest BCUT2D eigenvalue weighted by Crippen LogP contribution is 2.34. The van der Waals surface area contributed by atoms with Gasteiger partial charge < -0.3 is 14.5 Å². The van der Waals surface area contributed by atoms with Gasteiger partial charge >= 0.3 is 12.1 Å². The standard InChI is InChI=1S/C19H14F3NO4/c1-2-26-18(25)16-15(12-8-4-6-10-14(12)27-16)23-17(24)11-7-3-5-9-13(11)19(20,21)22/h3-10H,2H2,1H3,(H,23,24). The Bertz CT molecular complexity index is 1010. The first-order chi connectivity index (χ1) is 12.8. The number of ether oxygens (including phenoxy) is 1. The number of amides is 1.